The third-order valence-electron chi connectivity index (χ3n) is 3.92. The molecule has 1 aromatic rings. The van der Waals surface area contributed by atoms with Crippen molar-refractivity contribution in [2.45, 2.75) is 13.0 Å². The highest BCUT2D eigenvalue weighted by molar-refractivity contribution is 7.80. The van der Waals surface area contributed by atoms with Crippen LogP contribution in [0.3, 0.4) is 0 Å². The lowest BCUT2D eigenvalue weighted by atomic mass is 9.94. The molecule has 0 bridgehead atoms. The molecule has 0 radical (unpaired) electrons. The van der Waals surface area contributed by atoms with Crippen LogP contribution in [0, 0.1) is 11.6 Å². The van der Waals surface area contributed by atoms with Crippen molar-refractivity contribution >= 4 is 23.3 Å². The Kier molecular flexibility index (Phi) is 6.82. The summed E-state index contributed by atoms with van der Waals surface area (Å²) in [6, 6.07) is 2.28. The van der Waals surface area contributed by atoms with Gasteiger partial charge in [0.25, 0.3) is 0 Å². The third-order valence-corrected chi connectivity index (χ3v) is 4.26. The Morgan fingerprint density at radius 3 is 2.77 bits per heavy atom. The normalized spacial score (nSPS) is 17.2. The van der Waals surface area contributed by atoms with Gasteiger partial charge < -0.3 is 19.7 Å². The molecule has 140 valence electrons. The topological polar surface area (TPSA) is 50.8 Å². The van der Waals surface area contributed by atoms with Crippen LogP contribution >= 0.6 is 12.2 Å². The molecule has 1 atom stereocenters. The quantitative estimate of drug-likeness (QED) is 0.339. The van der Waals surface area contributed by atoms with Crippen LogP contribution in [0.1, 0.15) is 18.5 Å². The van der Waals surface area contributed by atoms with Gasteiger partial charge in [-0.15, -0.1) is 6.58 Å². The van der Waals surface area contributed by atoms with E-state index >= 15 is 0 Å². The lowest BCUT2D eigenvalue weighted by Gasteiger charge is -2.37. The van der Waals surface area contributed by atoms with Crippen LogP contribution < -0.4 is 5.32 Å². The molecule has 1 aliphatic heterocycles. The van der Waals surface area contributed by atoms with Gasteiger partial charge in [0.15, 0.2) is 5.11 Å². The lowest BCUT2D eigenvalue weighted by Crippen LogP contribution is -2.48. The Bertz CT molecular complexity index is 752. The maximum absolute atomic E-state index is 14.3. The number of methoxy groups -OCH3 is 1. The Hall–Kier alpha value is -2.32. The van der Waals surface area contributed by atoms with Crippen LogP contribution in [0.15, 0.2) is 42.1 Å². The standard InChI is InChI=1S/C18H20F2N2O3S/c1-4-7-22-11(2)15(17(23)25-9-8-24-3)16(21-18(22)26)13-6-5-12(19)10-14(13)20/h4-6,10,16H,1,7-9H2,2-3H3,(H,21,26)/t16-/m1/s1. The first-order valence-electron chi connectivity index (χ1n) is 7.91. The molecule has 8 heteroatoms. The number of nitrogens with one attached hydrogen (secondary N) is 1. The molecule has 1 heterocycles. The van der Waals surface area contributed by atoms with Crippen molar-refractivity contribution in [1.82, 2.24) is 10.2 Å². The number of rotatable bonds is 7. The van der Waals surface area contributed by atoms with Crippen LogP contribution in [-0.4, -0.2) is 42.8 Å². The van der Waals surface area contributed by atoms with E-state index in [0.717, 1.165) is 12.1 Å². The SMILES string of the molecule is C=CCN1C(=S)N[C@H](c2ccc(F)cc2F)C(C(=O)OCCOC)=C1C. The molecular weight excluding hydrogens is 362 g/mol. The summed E-state index contributed by atoms with van der Waals surface area (Å²) in [7, 11) is 1.49. The Morgan fingerprint density at radius 1 is 1.42 bits per heavy atom. The van der Waals surface area contributed by atoms with Gasteiger partial charge in [0, 0.05) is 31.0 Å². The summed E-state index contributed by atoms with van der Waals surface area (Å²) in [5, 5.41) is 3.25. The summed E-state index contributed by atoms with van der Waals surface area (Å²) in [4.78, 5) is 14.3. The largest absolute Gasteiger partial charge is 0.460 e. The van der Waals surface area contributed by atoms with E-state index < -0.39 is 23.6 Å². The van der Waals surface area contributed by atoms with Crippen LogP contribution in [0.25, 0.3) is 0 Å². The first-order chi connectivity index (χ1) is 12.4. The molecule has 0 saturated carbocycles. The summed E-state index contributed by atoms with van der Waals surface area (Å²) >= 11 is 5.33. The minimum absolute atomic E-state index is 0.0522. The van der Waals surface area contributed by atoms with Crippen LogP contribution in [0.5, 0.6) is 0 Å². The molecule has 0 aromatic heterocycles. The number of halogens is 2. The second-order valence-corrected chi connectivity index (χ2v) is 5.96. The van der Waals surface area contributed by atoms with Crippen LogP contribution in [-0.2, 0) is 14.3 Å². The number of hydrogen-bond donors (Lipinski definition) is 1. The minimum Gasteiger partial charge on any atom is -0.460 e. The molecule has 0 saturated heterocycles. The smallest absolute Gasteiger partial charge is 0.338 e. The van der Waals surface area contributed by atoms with Gasteiger partial charge >= 0.3 is 5.97 Å². The average Bonchev–Trinajstić information content (AvgIpc) is 2.58. The van der Waals surface area contributed by atoms with Crippen LogP contribution in [0.2, 0.25) is 0 Å². The monoisotopic (exact) mass is 382 g/mol. The minimum atomic E-state index is -0.890. The third kappa shape index (κ3) is 4.25. The summed E-state index contributed by atoms with van der Waals surface area (Å²) in [6.07, 6.45) is 1.63. The van der Waals surface area contributed by atoms with Crippen molar-refractivity contribution in [3.05, 3.63) is 59.3 Å². The molecule has 1 aliphatic rings. The highest BCUT2D eigenvalue weighted by Gasteiger charge is 2.35. The van der Waals surface area contributed by atoms with E-state index in [1.165, 1.54) is 13.2 Å². The molecular formula is C18H20F2N2O3S. The van der Waals surface area contributed by atoms with Crippen molar-refractivity contribution in [3.63, 3.8) is 0 Å². The molecule has 0 unspecified atom stereocenters. The van der Waals surface area contributed by atoms with Gasteiger partial charge in [0.2, 0.25) is 0 Å². The van der Waals surface area contributed by atoms with Crippen molar-refractivity contribution in [3.8, 4) is 0 Å². The second-order valence-electron chi connectivity index (χ2n) is 5.58. The number of ether oxygens (including phenoxy) is 2. The van der Waals surface area contributed by atoms with Gasteiger partial charge in [0.05, 0.1) is 18.2 Å². The van der Waals surface area contributed by atoms with Crippen molar-refractivity contribution < 1.29 is 23.0 Å². The first kappa shape index (κ1) is 20.0. The van der Waals surface area contributed by atoms with E-state index in [9.17, 15) is 13.6 Å². The van der Waals surface area contributed by atoms with E-state index in [2.05, 4.69) is 11.9 Å². The van der Waals surface area contributed by atoms with E-state index in [4.69, 9.17) is 21.7 Å². The van der Waals surface area contributed by atoms with Gasteiger partial charge in [-0.3, -0.25) is 0 Å². The number of nitrogens with zero attached hydrogens (tertiary/aromatic N) is 1. The number of esters is 1. The Balaban J connectivity index is 2.48. The van der Waals surface area contributed by atoms with Gasteiger partial charge in [-0.1, -0.05) is 12.1 Å². The summed E-state index contributed by atoms with van der Waals surface area (Å²) in [6.45, 7) is 6.01. The Morgan fingerprint density at radius 2 is 2.15 bits per heavy atom. The maximum Gasteiger partial charge on any atom is 0.338 e. The van der Waals surface area contributed by atoms with E-state index in [1.54, 1.807) is 17.9 Å². The highest BCUT2D eigenvalue weighted by Crippen LogP contribution is 2.32. The van der Waals surface area contributed by atoms with Crippen molar-refractivity contribution in [2.75, 3.05) is 26.9 Å². The number of thiocarbonyl (C=S) groups is 1. The van der Waals surface area contributed by atoms with Gasteiger partial charge in [-0.05, 0) is 25.2 Å². The van der Waals surface area contributed by atoms with Crippen molar-refractivity contribution in [1.29, 1.82) is 0 Å². The average molecular weight is 382 g/mol. The fraction of sp³-hybridized carbons (Fsp3) is 0.333. The number of carbonyl (C=O) groups excluding carboxylic acids is 1. The molecule has 26 heavy (non-hydrogen) atoms. The number of allylic oxidation sites excluding steroid dienone is 1. The molecule has 0 fully saturated rings. The van der Waals surface area contributed by atoms with E-state index in [0.29, 0.717) is 17.4 Å². The fourth-order valence-corrected chi connectivity index (χ4v) is 2.99. The lowest BCUT2D eigenvalue weighted by molar-refractivity contribution is -0.140. The number of carbonyl (C=O) groups is 1. The molecule has 1 aromatic carbocycles. The first-order valence-corrected chi connectivity index (χ1v) is 8.32. The molecule has 5 nitrogen and oxygen atoms in total. The van der Waals surface area contributed by atoms with E-state index in [-0.39, 0.29) is 24.4 Å². The maximum atomic E-state index is 14.3. The molecule has 1 N–H and O–H groups in total. The fourth-order valence-electron chi connectivity index (χ4n) is 2.66. The number of hydrogen-bond acceptors (Lipinski definition) is 4. The Labute approximate surface area is 156 Å². The summed E-state index contributed by atoms with van der Waals surface area (Å²) in [5.74, 6) is -2.11. The van der Waals surface area contributed by atoms with Gasteiger partial charge in [-0.2, -0.15) is 0 Å². The summed E-state index contributed by atoms with van der Waals surface area (Å²) < 4.78 is 37.7. The zero-order valence-corrected chi connectivity index (χ0v) is 15.4. The zero-order chi connectivity index (χ0) is 19.3. The predicted octanol–water partition coefficient (Wildman–Crippen LogP) is 2.85. The molecule has 0 amide bonds. The zero-order valence-electron chi connectivity index (χ0n) is 14.6. The van der Waals surface area contributed by atoms with Gasteiger partial charge in [0.1, 0.15) is 18.2 Å². The highest BCUT2D eigenvalue weighted by atomic mass is 32.1. The number of benzene rings is 1. The molecule has 0 aliphatic carbocycles. The second kappa shape index (κ2) is 8.86. The van der Waals surface area contributed by atoms with Crippen LogP contribution in [0.4, 0.5) is 8.78 Å². The summed E-state index contributed by atoms with van der Waals surface area (Å²) in [5.41, 5.74) is 0.817. The molecule has 2 rings (SSSR count). The van der Waals surface area contributed by atoms with Crippen molar-refractivity contribution in [2.24, 2.45) is 0 Å². The van der Waals surface area contributed by atoms with E-state index in [1.807, 2.05) is 0 Å². The predicted molar refractivity (Wildman–Crippen MR) is 97.3 cm³/mol. The van der Waals surface area contributed by atoms with Gasteiger partial charge in [-0.25, -0.2) is 13.6 Å². The molecule has 0 spiro atoms.